The first-order chi connectivity index (χ1) is 8.08. The van der Waals surface area contributed by atoms with Crippen molar-refractivity contribution in [3.8, 4) is 0 Å². The number of amides is 2. The molecule has 17 heavy (non-hydrogen) atoms. The summed E-state index contributed by atoms with van der Waals surface area (Å²) in [4.78, 5) is 23.4. The first-order valence-corrected chi connectivity index (χ1v) is 6.08. The zero-order valence-electron chi connectivity index (χ0n) is 9.16. The second-order valence-corrected chi connectivity index (χ2v) is 4.80. The Morgan fingerprint density at radius 1 is 1.65 bits per heavy atom. The Morgan fingerprint density at radius 2 is 2.41 bits per heavy atom. The van der Waals surface area contributed by atoms with E-state index >= 15 is 0 Å². The van der Waals surface area contributed by atoms with Gasteiger partial charge in [0.05, 0.1) is 10.6 Å². The maximum absolute atomic E-state index is 11.8. The molecule has 0 radical (unpaired) electrons. The summed E-state index contributed by atoms with van der Waals surface area (Å²) in [6.07, 6.45) is 1.25. The normalized spacial score (nSPS) is 19.9. The van der Waals surface area contributed by atoms with Gasteiger partial charge in [0.15, 0.2) is 0 Å². The van der Waals surface area contributed by atoms with E-state index in [1.807, 2.05) is 0 Å². The van der Waals surface area contributed by atoms with Crippen molar-refractivity contribution >= 4 is 28.2 Å². The maximum atomic E-state index is 11.8. The molecule has 0 aliphatic carbocycles. The molecular formula is C11H13N3O2S. The zero-order valence-corrected chi connectivity index (χ0v) is 9.97. The minimum Gasteiger partial charge on any atom is -0.390 e. The molecule has 2 heterocycles. The number of rotatable bonds is 2. The topological polar surface area (TPSA) is 84.2 Å². The van der Waals surface area contributed by atoms with Crippen molar-refractivity contribution in [1.29, 1.82) is 0 Å². The van der Waals surface area contributed by atoms with E-state index in [2.05, 4.69) is 17.2 Å². The van der Waals surface area contributed by atoms with Crippen LogP contribution in [0.5, 0.6) is 0 Å². The third kappa shape index (κ3) is 2.47. The van der Waals surface area contributed by atoms with Crippen LogP contribution in [0.1, 0.15) is 23.2 Å². The lowest BCUT2D eigenvalue weighted by Gasteiger charge is -2.24. The molecule has 2 rings (SSSR count). The molecule has 5 nitrogen and oxygen atoms in total. The Balaban J connectivity index is 2.02. The van der Waals surface area contributed by atoms with E-state index in [0.29, 0.717) is 29.1 Å². The van der Waals surface area contributed by atoms with E-state index in [4.69, 9.17) is 5.73 Å². The van der Waals surface area contributed by atoms with Crippen molar-refractivity contribution in [2.45, 2.75) is 18.9 Å². The lowest BCUT2D eigenvalue weighted by Crippen LogP contribution is -2.49. The van der Waals surface area contributed by atoms with Crippen LogP contribution in [0.2, 0.25) is 0 Å². The number of hydrogen-bond donors (Lipinski definition) is 3. The van der Waals surface area contributed by atoms with Crippen molar-refractivity contribution in [2.75, 3.05) is 5.73 Å². The maximum Gasteiger partial charge on any atom is 0.254 e. The van der Waals surface area contributed by atoms with Crippen LogP contribution in [0.3, 0.4) is 0 Å². The molecule has 1 aromatic rings. The van der Waals surface area contributed by atoms with Crippen molar-refractivity contribution in [1.82, 2.24) is 10.6 Å². The molecule has 6 heteroatoms. The number of piperidine rings is 1. The van der Waals surface area contributed by atoms with Crippen LogP contribution in [-0.2, 0) is 4.79 Å². The summed E-state index contributed by atoms with van der Waals surface area (Å²) in [5, 5.41) is 7.49. The Bertz CT molecular complexity index is 481. The number of anilines is 1. The molecule has 1 aromatic heterocycles. The summed E-state index contributed by atoms with van der Waals surface area (Å²) in [6, 6.07) is 1.14. The Kier molecular flexibility index (Phi) is 3.14. The molecule has 1 fully saturated rings. The molecule has 1 aliphatic rings. The molecule has 1 unspecified atom stereocenters. The van der Waals surface area contributed by atoms with Gasteiger partial charge in [-0.25, -0.2) is 0 Å². The number of carbonyl (C=O) groups excluding carboxylic acids is 2. The second-order valence-electron chi connectivity index (χ2n) is 3.86. The van der Waals surface area contributed by atoms with Crippen LogP contribution >= 0.6 is 11.3 Å². The number of hydrogen-bond acceptors (Lipinski definition) is 4. The van der Waals surface area contributed by atoms with Crippen LogP contribution < -0.4 is 16.4 Å². The molecule has 1 aliphatic heterocycles. The molecule has 0 saturated carbocycles. The van der Waals surface area contributed by atoms with E-state index in [0.717, 1.165) is 0 Å². The molecule has 4 N–H and O–H groups in total. The fourth-order valence-corrected chi connectivity index (χ4v) is 2.29. The molecule has 0 spiro atoms. The molecule has 1 saturated heterocycles. The minimum absolute atomic E-state index is 0.219. The first kappa shape index (κ1) is 11.7. The second kappa shape index (κ2) is 4.58. The summed E-state index contributed by atoms with van der Waals surface area (Å²) in [6.45, 7) is 3.68. The zero-order chi connectivity index (χ0) is 12.4. The van der Waals surface area contributed by atoms with Gasteiger partial charge < -0.3 is 16.4 Å². The number of nitrogens with one attached hydrogen (secondary N) is 2. The smallest absolute Gasteiger partial charge is 0.254 e. The lowest BCUT2D eigenvalue weighted by atomic mass is 10.0. The average Bonchev–Trinajstić information content (AvgIpc) is 2.68. The Morgan fingerprint density at radius 3 is 3.00 bits per heavy atom. The van der Waals surface area contributed by atoms with Gasteiger partial charge in [-0.2, -0.15) is 0 Å². The molecule has 2 amide bonds. The summed E-state index contributed by atoms with van der Waals surface area (Å²) >= 11 is 1.30. The largest absolute Gasteiger partial charge is 0.390 e. The third-order valence-corrected chi connectivity index (χ3v) is 3.34. The van der Waals surface area contributed by atoms with Crippen LogP contribution in [0.4, 0.5) is 5.00 Å². The predicted molar refractivity (Wildman–Crippen MR) is 66.5 cm³/mol. The summed E-state index contributed by atoms with van der Waals surface area (Å²) in [7, 11) is 0. The van der Waals surface area contributed by atoms with Gasteiger partial charge >= 0.3 is 0 Å². The number of nitrogens with two attached hydrogens (primary N) is 1. The van der Waals surface area contributed by atoms with Crippen molar-refractivity contribution in [3.05, 3.63) is 29.3 Å². The Hall–Kier alpha value is -1.82. The van der Waals surface area contributed by atoms with Gasteiger partial charge in [0, 0.05) is 5.70 Å². The fraction of sp³-hybridized carbons (Fsp3) is 0.273. The molecular weight excluding hydrogens is 238 g/mol. The van der Waals surface area contributed by atoms with Crippen LogP contribution in [0, 0.1) is 0 Å². The minimum atomic E-state index is -0.507. The first-order valence-electron chi connectivity index (χ1n) is 5.20. The van der Waals surface area contributed by atoms with E-state index in [-0.39, 0.29) is 11.8 Å². The molecule has 90 valence electrons. The van der Waals surface area contributed by atoms with Gasteiger partial charge in [-0.05, 0) is 24.3 Å². The highest BCUT2D eigenvalue weighted by Crippen LogP contribution is 2.19. The van der Waals surface area contributed by atoms with Gasteiger partial charge in [0.2, 0.25) is 5.91 Å². The van der Waals surface area contributed by atoms with E-state index in [1.54, 1.807) is 11.4 Å². The summed E-state index contributed by atoms with van der Waals surface area (Å²) in [5.41, 5.74) is 6.76. The van der Waals surface area contributed by atoms with Gasteiger partial charge in [-0.1, -0.05) is 6.58 Å². The summed E-state index contributed by atoms with van der Waals surface area (Å²) in [5.74, 6) is -0.528. The molecule has 0 bridgehead atoms. The average molecular weight is 251 g/mol. The Labute approximate surface area is 103 Å². The van der Waals surface area contributed by atoms with Crippen molar-refractivity contribution < 1.29 is 9.59 Å². The van der Waals surface area contributed by atoms with E-state index in [1.165, 1.54) is 11.3 Å². The van der Waals surface area contributed by atoms with Gasteiger partial charge in [-0.3, -0.25) is 9.59 Å². The van der Waals surface area contributed by atoms with Gasteiger partial charge in [-0.15, -0.1) is 11.3 Å². The summed E-state index contributed by atoms with van der Waals surface area (Å²) < 4.78 is 0. The van der Waals surface area contributed by atoms with Crippen LogP contribution in [0.15, 0.2) is 23.7 Å². The van der Waals surface area contributed by atoms with Gasteiger partial charge in [0.1, 0.15) is 6.04 Å². The SMILES string of the molecule is C=C1CCC(NC(=O)c2ccsc2N)C(=O)N1. The molecule has 0 aromatic carbocycles. The fourth-order valence-electron chi connectivity index (χ4n) is 1.66. The predicted octanol–water partition coefficient (Wildman–Crippen LogP) is 0.852. The van der Waals surface area contributed by atoms with Gasteiger partial charge in [0.25, 0.3) is 5.91 Å². The monoisotopic (exact) mass is 251 g/mol. The number of thiophene rings is 1. The van der Waals surface area contributed by atoms with Crippen molar-refractivity contribution in [3.63, 3.8) is 0 Å². The van der Waals surface area contributed by atoms with E-state index in [9.17, 15) is 9.59 Å². The lowest BCUT2D eigenvalue weighted by molar-refractivity contribution is -0.123. The third-order valence-electron chi connectivity index (χ3n) is 2.60. The highest BCUT2D eigenvalue weighted by molar-refractivity contribution is 7.14. The highest BCUT2D eigenvalue weighted by Gasteiger charge is 2.26. The quantitative estimate of drug-likeness (QED) is 0.728. The van der Waals surface area contributed by atoms with Crippen LogP contribution in [0.25, 0.3) is 0 Å². The number of carbonyl (C=O) groups is 2. The number of allylic oxidation sites excluding steroid dienone is 1. The van der Waals surface area contributed by atoms with E-state index < -0.39 is 6.04 Å². The van der Waals surface area contributed by atoms with Crippen molar-refractivity contribution in [2.24, 2.45) is 0 Å². The number of nitrogen functional groups attached to an aromatic ring is 1. The highest BCUT2D eigenvalue weighted by atomic mass is 32.1. The molecule has 1 atom stereocenters. The standard InChI is InChI=1S/C11H13N3O2S/c1-6-2-3-8(11(16)13-6)14-10(15)7-4-5-17-9(7)12/h4-5,8H,1-3,12H2,(H,13,16)(H,14,15). The van der Waals surface area contributed by atoms with Crippen LogP contribution in [-0.4, -0.2) is 17.9 Å².